The molecule has 2 atom stereocenters. The summed E-state index contributed by atoms with van der Waals surface area (Å²) in [5, 5.41) is 34.1. The fraction of sp³-hybridized carbons (Fsp3) is 0.455. The third-order valence-corrected chi connectivity index (χ3v) is 13.6. The van der Waals surface area contributed by atoms with Crippen LogP contribution in [0.1, 0.15) is 80.0 Å². The van der Waals surface area contributed by atoms with Gasteiger partial charge >= 0.3 is 0 Å². The number of quaternary nitrogens is 1. The number of thiophene rings is 2. The summed E-state index contributed by atoms with van der Waals surface area (Å²) in [6, 6.07) is 19.7. The molecule has 8 rings (SSSR count). The lowest BCUT2D eigenvalue weighted by Gasteiger charge is -2.52. The standard InChI is InChI=1S/C44H52N4O5S3/c1-29(2)52-42-47-39-36(53-43(3,4)5)17-16-33(40(39)56-42)35(49)27-45-21-18-31-14-12-30(13-15-31)9-6-22-48-23-19-32(20-24-48)34(28-48)46-41(50)44(51,37-10-7-25-54-37)38-11-8-26-55-38/h7-8,10-17,25-26,29,32,34-35,45,49,51H,18-24,27-28H2,1-5H3/p+1/t32?,34-,35-,48?/m0/s1. The van der Waals surface area contributed by atoms with Gasteiger partial charge in [-0.1, -0.05) is 47.6 Å². The number of nitrogens with zero attached hydrogens (tertiary/aromatic N) is 2. The zero-order chi connectivity index (χ0) is 39.5. The molecule has 2 aromatic carbocycles. The number of aliphatic hydroxyl groups is 2. The summed E-state index contributed by atoms with van der Waals surface area (Å²) in [5.41, 5.74) is 1.64. The number of rotatable bonds is 14. The largest absolute Gasteiger partial charge is 0.486 e. The molecule has 2 bridgehead atoms. The summed E-state index contributed by atoms with van der Waals surface area (Å²) in [6.45, 7) is 14.8. The average Bonchev–Trinajstić information content (AvgIpc) is 3.97. The zero-order valence-electron chi connectivity index (χ0n) is 32.8. The molecule has 0 spiro atoms. The molecule has 0 unspecified atom stereocenters. The molecule has 3 aromatic heterocycles. The molecule has 1 amide bonds. The average molecular weight is 814 g/mol. The van der Waals surface area contributed by atoms with Crippen LogP contribution in [0.5, 0.6) is 10.9 Å². The van der Waals surface area contributed by atoms with Crippen molar-refractivity contribution in [3.8, 4) is 22.8 Å². The maximum absolute atomic E-state index is 13.8. The van der Waals surface area contributed by atoms with Crippen molar-refractivity contribution in [2.75, 3.05) is 39.3 Å². The van der Waals surface area contributed by atoms with E-state index in [0.29, 0.717) is 38.7 Å². The molecule has 3 aliphatic rings. The Balaban J connectivity index is 0.912. The Hall–Kier alpha value is -3.80. The van der Waals surface area contributed by atoms with E-state index in [1.807, 2.05) is 81.8 Å². The van der Waals surface area contributed by atoms with Crippen molar-refractivity contribution in [3.63, 3.8) is 0 Å². The van der Waals surface area contributed by atoms with Crippen molar-refractivity contribution in [1.82, 2.24) is 15.6 Å². The molecule has 3 saturated heterocycles. The first-order chi connectivity index (χ1) is 26.8. The number of aromatic nitrogens is 1. The van der Waals surface area contributed by atoms with Crippen LogP contribution in [0.15, 0.2) is 71.4 Å². The molecule has 3 fully saturated rings. The predicted molar refractivity (Wildman–Crippen MR) is 227 cm³/mol. The fourth-order valence-corrected chi connectivity index (χ4v) is 10.7. The maximum atomic E-state index is 13.8. The Labute approximate surface area is 342 Å². The van der Waals surface area contributed by atoms with E-state index in [1.54, 1.807) is 0 Å². The Bertz CT molecular complexity index is 2100. The van der Waals surface area contributed by atoms with E-state index in [-0.39, 0.29) is 23.7 Å². The number of aliphatic hydroxyl groups excluding tert-OH is 1. The van der Waals surface area contributed by atoms with Crippen LogP contribution in [0, 0.1) is 17.8 Å². The number of thiazole rings is 1. The molecule has 56 heavy (non-hydrogen) atoms. The quantitative estimate of drug-likeness (QED) is 0.0531. The maximum Gasteiger partial charge on any atom is 0.274 e. The number of ether oxygens (including phenoxy) is 2. The number of carbonyl (C=O) groups is 1. The van der Waals surface area contributed by atoms with E-state index in [9.17, 15) is 15.0 Å². The van der Waals surface area contributed by atoms with Crippen LogP contribution in [-0.2, 0) is 16.8 Å². The fourth-order valence-electron chi connectivity index (χ4n) is 7.82. The molecule has 5 aromatic rings. The Morgan fingerprint density at radius 3 is 2.34 bits per heavy atom. The number of nitrogens with one attached hydrogen (secondary N) is 2. The lowest BCUT2D eigenvalue weighted by atomic mass is 9.81. The van der Waals surface area contributed by atoms with Crippen molar-refractivity contribution in [2.45, 2.75) is 83.3 Å². The van der Waals surface area contributed by atoms with Crippen LogP contribution in [-0.4, -0.2) is 82.6 Å². The topological polar surface area (TPSA) is 113 Å². The van der Waals surface area contributed by atoms with Crippen LogP contribution >= 0.6 is 34.0 Å². The molecular formula is C44H53N4O5S3+. The van der Waals surface area contributed by atoms with Crippen molar-refractivity contribution < 1.29 is 29.0 Å². The molecule has 0 aliphatic carbocycles. The van der Waals surface area contributed by atoms with Gasteiger partial charge in [0.25, 0.3) is 11.1 Å². The van der Waals surface area contributed by atoms with Crippen molar-refractivity contribution in [3.05, 3.63) is 97.9 Å². The monoisotopic (exact) mass is 813 g/mol. The van der Waals surface area contributed by atoms with E-state index in [2.05, 4.69) is 46.7 Å². The SMILES string of the molecule is CC(C)Oc1nc2c(OC(C)(C)C)ccc([C@@H](O)CNCCc3ccc(C#CC[N+]45CCC(CC4)[C@@H](NC(=O)C(O)(c4cccs4)c4cccs4)C5)cc3)c2s1. The molecule has 9 nitrogen and oxygen atoms in total. The van der Waals surface area contributed by atoms with E-state index in [4.69, 9.17) is 14.5 Å². The summed E-state index contributed by atoms with van der Waals surface area (Å²) in [6.07, 6.45) is 2.20. The second-order valence-corrected chi connectivity index (χ2v) is 19.2. The van der Waals surface area contributed by atoms with E-state index in [0.717, 1.165) is 72.3 Å². The van der Waals surface area contributed by atoms with Gasteiger partial charge < -0.3 is 34.8 Å². The Morgan fingerprint density at radius 2 is 1.71 bits per heavy atom. The summed E-state index contributed by atoms with van der Waals surface area (Å²) < 4.78 is 13.8. The van der Waals surface area contributed by atoms with Crippen LogP contribution < -0.4 is 20.1 Å². The van der Waals surface area contributed by atoms with Crippen LogP contribution in [0.4, 0.5) is 0 Å². The van der Waals surface area contributed by atoms with Crippen LogP contribution in [0.3, 0.4) is 0 Å². The minimum Gasteiger partial charge on any atom is -0.486 e. The smallest absolute Gasteiger partial charge is 0.274 e. The van der Waals surface area contributed by atoms with Gasteiger partial charge in [0.2, 0.25) is 5.60 Å². The molecule has 12 heteroatoms. The lowest BCUT2D eigenvalue weighted by molar-refractivity contribution is -0.937. The number of carbonyl (C=O) groups excluding carboxylic acids is 1. The number of hydrogen-bond donors (Lipinski definition) is 4. The van der Waals surface area contributed by atoms with Crippen LogP contribution in [0.25, 0.3) is 10.2 Å². The van der Waals surface area contributed by atoms with Gasteiger partial charge in [-0.2, -0.15) is 4.98 Å². The minimum atomic E-state index is -1.68. The predicted octanol–water partition coefficient (Wildman–Crippen LogP) is 7.26. The highest BCUT2D eigenvalue weighted by Crippen LogP contribution is 2.41. The Morgan fingerprint density at radius 1 is 1.02 bits per heavy atom. The van der Waals surface area contributed by atoms with Gasteiger partial charge in [-0.15, -0.1) is 22.7 Å². The molecular weight excluding hydrogens is 761 g/mol. The van der Waals surface area contributed by atoms with Gasteiger partial charge in [0.1, 0.15) is 30.0 Å². The third kappa shape index (κ3) is 9.16. The van der Waals surface area contributed by atoms with Gasteiger partial charge in [-0.3, -0.25) is 4.79 Å². The van der Waals surface area contributed by atoms with Gasteiger partial charge in [-0.25, -0.2) is 0 Å². The lowest BCUT2D eigenvalue weighted by Crippen LogP contribution is -2.68. The van der Waals surface area contributed by atoms with E-state index in [1.165, 1.54) is 39.6 Å². The van der Waals surface area contributed by atoms with Crippen LogP contribution in [0.2, 0.25) is 0 Å². The van der Waals surface area contributed by atoms with Crippen molar-refractivity contribution in [2.24, 2.45) is 5.92 Å². The second kappa shape index (κ2) is 17.0. The number of fused-ring (bicyclic) bond motifs is 4. The highest BCUT2D eigenvalue weighted by atomic mass is 32.1. The van der Waals surface area contributed by atoms with Gasteiger partial charge in [0.05, 0.1) is 45.8 Å². The number of benzene rings is 2. The molecule has 6 heterocycles. The zero-order valence-corrected chi connectivity index (χ0v) is 35.3. The third-order valence-electron chi connectivity index (χ3n) is 10.7. The molecule has 296 valence electrons. The first-order valence-electron chi connectivity index (χ1n) is 19.5. The van der Waals surface area contributed by atoms with Gasteiger partial charge in [0, 0.05) is 30.5 Å². The Kier molecular flexibility index (Phi) is 12.2. The first kappa shape index (κ1) is 40.4. The number of piperidine rings is 3. The normalized spacial score (nSPS) is 20.1. The number of amides is 1. The first-order valence-corrected chi connectivity index (χ1v) is 22.1. The minimum absolute atomic E-state index is 0.00553. The van der Waals surface area contributed by atoms with Gasteiger partial charge in [-0.05, 0) is 106 Å². The highest BCUT2D eigenvalue weighted by molar-refractivity contribution is 7.20. The number of hydrogen-bond acceptors (Lipinski definition) is 10. The molecule has 3 aliphatic heterocycles. The van der Waals surface area contributed by atoms with Crippen molar-refractivity contribution >= 4 is 50.1 Å². The molecule has 0 saturated carbocycles. The summed E-state index contributed by atoms with van der Waals surface area (Å²) in [7, 11) is 0. The summed E-state index contributed by atoms with van der Waals surface area (Å²) in [4.78, 5) is 19.8. The second-order valence-electron chi connectivity index (χ2n) is 16.4. The van der Waals surface area contributed by atoms with E-state index >= 15 is 0 Å². The summed E-state index contributed by atoms with van der Waals surface area (Å²) in [5.74, 6) is 7.64. The van der Waals surface area contributed by atoms with E-state index < -0.39 is 11.7 Å². The summed E-state index contributed by atoms with van der Waals surface area (Å²) >= 11 is 4.25. The van der Waals surface area contributed by atoms with Crippen molar-refractivity contribution in [1.29, 1.82) is 0 Å². The highest BCUT2D eigenvalue weighted by Gasteiger charge is 2.49. The molecule has 0 radical (unpaired) electrons. The molecule has 4 N–H and O–H groups in total. The van der Waals surface area contributed by atoms with Gasteiger partial charge in [0.15, 0.2) is 0 Å².